The van der Waals surface area contributed by atoms with Crippen LogP contribution in [-0.4, -0.2) is 15.9 Å². The Morgan fingerprint density at radius 1 is 0.923 bits per heavy atom. The molecule has 4 nitrogen and oxygen atoms in total. The van der Waals surface area contributed by atoms with Crippen LogP contribution in [0.25, 0.3) is 0 Å². The van der Waals surface area contributed by atoms with Crippen LogP contribution in [0, 0.1) is 0 Å². The molecule has 1 unspecified atom stereocenters. The van der Waals surface area contributed by atoms with Crippen molar-refractivity contribution in [3.63, 3.8) is 0 Å². The Morgan fingerprint density at radius 2 is 1.65 bits per heavy atom. The van der Waals surface area contributed by atoms with E-state index in [1.54, 1.807) is 24.4 Å². The van der Waals surface area contributed by atoms with Crippen LogP contribution in [0.4, 0.5) is 13.2 Å². The average molecular weight is 357 g/mol. The van der Waals surface area contributed by atoms with E-state index in [1.807, 2.05) is 30.3 Å². The van der Waals surface area contributed by atoms with Gasteiger partial charge in [0.15, 0.2) is 0 Å². The molecule has 3 aromatic rings. The molecule has 1 N–H and O–H groups in total. The number of halogens is 3. The standard InChI is InChI=1S/C19H14F3N3O/c20-19(21,22)16-10-9-14(12-24-16)18(26)25-17(13-6-2-1-3-7-13)15-8-4-5-11-23-15/h1-12,17H,(H,25,26). The van der Waals surface area contributed by atoms with Gasteiger partial charge in [0, 0.05) is 12.4 Å². The van der Waals surface area contributed by atoms with E-state index in [0.29, 0.717) is 5.69 Å². The van der Waals surface area contributed by atoms with E-state index in [4.69, 9.17) is 0 Å². The molecule has 0 aliphatic heterocycles. The van der Waals surface area contributed by atoms with Crippen molar-refractivity contribution < 1.29 is 18.0 Å². The molecular formula is C19H14F3N3O. The number of hydrogen-bond donors (Lipinski definition) is 1. The molecule has 1 amide bonds. The Balaban J connectivity index is 1.86. The highest BCUT2D eigenvalue weighted by Crippen LogP contribution is 2.27. The summed E-state index contributed by atoms with van der Waals surface area (Å²) < 4.78 is 37.8. The van der Waals surface area contributed by atoms with Crippen LogP contribution in [0.15, 0.2) is 73.1 Å². The van der Waals surface area contributed by atoms with Crippen LogP contribution in [0.3, 0.4) is 0 Å². The minimum absolute atomic E-state index is 0.0369. The van der Waals surface area contributed by atoms with Gasteiger partial charge in [-0.3, -0.25) is 14.8 Å². The molecule has 132 valence electrons. The first-order valence-corrected chi connectivity index (χ1v) is 7.75. The van der Waals surface area contributed by atoms with Crippen molar-refractivity contribution in [3.8, 4) is 0 Å². The number of alkyl halides is 3. The number of aromatic nitrogens is 2. The Bertz CT molecular complexity index is 827. The smallest absolute Gasteiger partial charge is 0.339 e. The summed E-state index contributed by atoms with van der Waals surface area (Å²) in [6, 6.07) is 15.9. The molecule has 0 aliphatic carbocycles. The zero-order chi connectivity index (χ0) is 18.6. The van der Waals surface area contributed by atoms with E-state index in [1.165, 1.54) is 0 Å². The predicted octanol–water partition coefficient (Wildman–Crippen LogP) is 4.01. The van der Waals surface area contributed by atoms with Crippen LogP contribution in [0.5, 0.6) is 0 Å². The van der Waals surface area contributed by atoms with Gasteiger partial charge in [-0.25, -0.2) is 0 Å². The number of benzene rings is 1. The second kappa shape index (κ2) is 7.35. The fraction of sp³-hybridized carbons (Fsp3) is 0.105. The summed E-state index contributed by atoms with van der Waals surface area (Å²) in [7, 11) is 0. The maximum Gasteiger partial charge on any atom is 0.433 e. The lowest BCUT2D eigenvalue weighted by Gasteiger charge is -2.19. The van der Waals surface area contributed by atoms with Gasteiger partial charge in [-0.1, -0.05) is 36.4 Å². The van der Waals surface area contributed by atoms with Gasteiger partial charge in [-0.2, -0.15) is 13.2 Å². The number of nitrogens with zero attached hydrogens (tertiary/aromatic N) is 2. The molecule has 0 radical (unpaired) electrons. The minimum Gasteiger partial charge on any atom is -0.339 e. The summed E-state index contributed by atoms with van der Waals surface area (Å²) in [6.45, 7) is 0. The Hall–Kier alpha value is -3.22. The van der Waals surface area contributed by atoms with E-state index < -0.39 is 23.8 Å². The number of hydrogen-bond acceptors (Lipinski definition) is 3. The normalized spacial score (nSPS) is 12.4. The van der Waals surface area contributed by atoms with Crippen LogP contribution >= 0.6 is 0 Å². The Morgan fingerprint density at radius 3 is 2.23 bits per heavy atom. The van der Waals surface area contributed by atoms with Gasteiger partial charge in [0.25, 0.3) is 5.91 Å². The van der Waals surface area contributed by atoms with Gasteiger partial charge in [0.05, 0.1) is 17.3 Å². The lowest BCUT2D eigenvalue weighted by molar-refractivity contribution is -0.141. The quantitative estimate of drug-likeness (QED) is 0.767. The van der Waals surface area contributed by atoms with Crippen LogP contribution in [0.1, 0.15) is 33.4 Å². The lowest BCUT2D eigenvalue weighted by Crippen LogP contribution is -2.30. The van der Waals surface area contributed by atoms with Crippen LogP contribution in [0.2, 0.25) is 0 Å². The van der Waals surface area contributed by atoms with Crippen LogP contribution in [-0.2, 0) is 6.18 Å². The van der Waals surface area contributed by atoms with Crippen molar-refractivity contribution in [2.45, 2.75) is 12.2 Å². The second-order valence-electron chi connectivity index (χ2n) is 5.50. The van der Waals surface area contributed by atoms with E-state index in [0.717, 1.165) is 23.9 Å². The van der Waals surface area contributed by atoms with Crippen molar-refractivity contribution in [3.05, 3.63) is 95.6 Å². The van der Waals surface area contributed by atoms with E-state index in [2.05, 4.69) is 15.3 Å². The first kappa shape index (κ1) is 17.6. The van der Waals surface area contributed by atoms with Crippen molar-refractivity contribution in [2.75, 3.05) is 0 Å². The Labute approximate surface area is 147 Å². The molecule has 1 atom stereocenters. The minimum atomic E-state index is -4.55. The van der Waals surface area contributed by atoms with Gasteiger partial charge in [-0.05, 0) is 29.8 Å². The molecule has 26 heavy (non-hydrogen) atoms. The van der Waals surface area contributed by atoms with Gasteiger partial charge in [-0.15, -0.1) is 0 Å². The first-order chi connectivity index (χ1) is 12.4. The molecule has 7 heteroatoms. The predicted molar refractivity (Wildman–Crippen MR) is 89.2 cm³/mol. The van der Waals surface area contributed by atoms with Crippen molar-refractivity contribution in [1.82, 2.24) is 15.3 Å². The monoisotopic (exact) mass is 357 g/mol. The third kappa shape index (κ3) is 4.05. The fourth-order valence-electron chi connectivity index (χ4n) is 2.43. The Kier molecular flexibility index (Phi) is 4.97. The number of carbonyl (C=O) groups is 1. The zero-order valence-electron chi connectivity index (χ0n) is 13.4. The van der Waals surface area contributed by atoms with E-state index in [9.17, 15) is 18.0 Å². The van der Waals surface area contributed by atoms with E-state index in [-0.39, 0.29) is 5.56 Å². The van der Waals surface area contributed by atoms with Gasteiger partial charge < -0.3 is 5.32 Å². The van der Waals surface area contributed by atoms with Crippen molar-refractivity contribution in [1.29, 1.82) is 0 Å². The summed E-state index contributed by atoms with van der Waals surface area (Å²) in [6.07, 6.45) is -2.02. The fourth-order valence-corrected chi connectivity index (χ4v) is 2.43. The van der Waals surface area contributed by atoms with Gasteiger partial charge >= 0.3 is 6.18 Å². The third-order valence-corrected chi connectivity index (χ3v) is 3.71. The van der Waals surface area contributed by atoms with Crippen molar-refractivity contribution >= 4 is 5.91 Å². The van der Waals surface area contributed by atoms with Gasteiger partial charge in [0.1, 0.15) is 5.69 Å². The summed E-state index contributed by atoms with van der Waals surface area (Å²) in [4.78, 5) is 20.1. The largest absolute Gasteiger partial charge is 0.433 e. The molecule has 0 aliphatic rings. The van der Waals surface area contributed by atoms with Gasteiger partial charge in [0.2, 0.25) is 0 Å². The number of amides is 1. The van der Waals surface area contributed by atoms with Crippen molar-refractivity contribution in [2.24, 2.45) is 0 Å². The highest BCUT2D eigenvalue weighted by molar-refractivity contribution is 5.94. The highest BCUT2D eigenvalue weighted by atomic mass is 19.4. The SMILES string of the molecule is O=C(NC(c1ccccc1)c1ccccn1)c1ccc(C(F)(F)F)nc1. The second-order valence-corrected chi connectivity index (χ2v) is 5.50. The molecule has 0 bridgehead atoms. The molecule has 0 saturated heterocycles. The number of pyridine rings is 2. The average Bonchev–Trinajstić information content (AvgIpc) is 2.67. The summed E-state index contributed by atoms with van der Waals surface area (Å²) in [5.41, 5.74) is 0.416. The lowest BCUT2D eigenvalue weighted by atomic mass is 10.0. The molecule has 0 fully saturated rings. The zero-order valence-corrected chi connectivity index (χ0v) is 13.4. The third-order valence-electron chi connectivity index (χ3n) is 3.71. The summed E-state index contributed by atoms with van der Waals surface area (Å²) in [5, 5.41) is 2.80. The highest BCUT2D eigenvalue weighted by Gasteiger charge is 2.32. The van der Waals surface area contributed by atoms with E-state index >= 15 is 0 Å². The maximum atomic E-state index is 12.6. The van der Waals surface area contributed by atoms with Crippen LogP contribution < -0.4 is 5.32 Å². The molecule has 2 heterocycles. The molecule has 0 saturated carbocycles. The maximum absolute atomic E-state index is 12.6. The number of rotatable bonds is 4. The molecule has 2 aromatic heterocycles. The topological polar surface area (TPSA) is 54.9 Å². The molecule has 1 aromatic carbocycles. The molecule has 3 rings (SSSR count). The first-order valence-electron chi connectivity index (χ1n) is 7.75. The number of nitrogens with one attached hydrogen (secondary N) is 1. The summed E-state index contributed by atoms with van der Waals surface area (Å²) >= 11 is 0. The number of carbonyl (C=O) groups excluding carboxylic acids is 1. The molecule has 0 spiro atoms. The summed E-state index contributed by atoms with van der Waals surface area (Å²) in [5.74, 6) is -0.536. The molecular weight excluding hydrogens is 343 g/mol.